The van der Waals surface area contributed by atoms with Crippen LogP contribution >= 0.6 is 0 Å². The lowest BCUT2D eigenvalue weighted by Gasteiger charge is -2.20. The van der Waals surface area contributed by atoms with Gasteiger partial charge in [-0.25, -0.2) is 0 Å². The molecule has 1 fully saturated rings. The number of hydrogen-bond donors (Lipinski definition) is 2. The molecule has 0 spiro atoms. The molecular weight excluding hydrogens is 252 g/mol. The maximum atomic E-state index is 12.1. The van der Waals surface area contributed by atoms with Gasteiger partial charge >= 0.3 is 0 Å². The Kier molecular flexibility index (Phi) is 4.59. The summed E-state index contributed by atoms with van der Waals surface area (Å²) in [7, 11) is 0. The number of carbonyl (C=O) groups is 1. The van der Waals surface area contributed by atoms with E-state index in [0.29, 0.717) is 31.2 Å². The van der Waals surface area contributed by atoms with Crippen molar-refractivity contribution in [3.8, 4) is 6.07 Å². The number of hydrogen-bond acceptors (Lipinski definition) is 4. The lowest BCUT2D eigenvalue weighted by atomic mass is 10.2. The highest BCUT2D eigenvalue weighted by molar-refractivity contribution is 5.93. The first kappa shape index (κ1) is 14.4. The van der Waals surface area contributed by atoms with Crippen LogP contribution in [-0.2, 0) is 4.79 Å². The zero-order valence-corrected chi connectivity index (χ0v) is 11.7. The number of anilines is 2. The Morgan fingerprint density at radius 2 is 2.30 bits per heavy atom. The summed E-state index contributed by atoms with van der Waals surface area (Å²) in [6.45, 7) is 2.93. The van der Waals surface area contributed by atoms with Gasteiger partial charge in [-0.15, -0.1) is 0 Å². The summed E-state index contributed by atoms with van der Waals surface area (Å²) >= 11 is 0. The maximum Gasteiger partial charge on any atom is 0.238 e. The van der Waals surface area contributed by atoms with Gasteiger partial charge in [0.2, 0.25) is 5.91 Å². The first-order chi connectivity index (χ1) is 9.60. The van der Waals surface area contributed by atoms with E-state index in [0.717, 1.165) is 24.1 Å². The van der Waals surface area contributed by atoms with Crippen LogP contribution in [0.5, 0.6) is 0 Å². The smallest absolute Gasteiger partial charge is 0.238 e. The Hall–Kier alpha value is -2.06. The van der Waals surface area contributed by atoms with Crippen molar-refractivity contribution in [3.05, 3.63) is 23.8 Å². The summed E-state index contributed by atoms with van der Waals surface area (Å²) in [5.41, 5.74) is 8.11. The van der Waals surface area contributed by atoms with E-state index in [9.17, 15) is 4.79 Å². The van der Waals surface area contributed by atoms with Crippen LogP contribution in [0.25, 0.3) is 0 Å². The fourth-order valence-corrected chi connectivity index (χ4v) is 2.17. The van der Waals surface area contributed by atoms with Crippen molar-refractivity contribution in [2.45, 2.75) is 32.2 Å². The van der Waals surface area contributed by atoms with E-state index in [1.165, 1.54) is 0 Å². The molecule has 0 unspecified atom stereocenters. The molecule has 0 radical (unpaired) electrons. The summed E-state index contributed by atoms with van der Waals surface area (Å²) in [5, 5.41) is 11.6. The van der Waals surface area contributed by atoms with Crippen LogP contribution in [0.15, 0.2) is 18.2 Å². The van der Waals surface area contributed by atoms with Crippen molar-refractivity contribution in [2.75, 3.05) is 24.1 Å². The number of nitrogens with two attached hydrogens (primary N) is 1. The van der Waals surface area contributed by atoms with Gasteiger partial charge < -0.3 is 11.1 Å². The molecule has 0 atom stereocenters. The summed E-state index contributed by atoms with van der Waals surface area (Å²) < 4.78 is 0. The minimum absolute atomic E-state index is 0.0523. The molecule has 5 heteroatoms. The summed E-state index contributed by atoms with van der Waals surface area (Å²) in [6.07, 6.45) is 2.70. The average molecular weight is 272 g/mol. The van der Waals surface area contributed by atoms with Crippen LogP contribution in [0, 0.1) is 18.3 Å². The third-order valence-corrected chi connectivity index (χ3v) is 3.46. The molecule has 0 saturated heterocycles. The topological polar surface area (TPSA) is 82.2 Å². The van der Waals surface area contributed by atoms with Crippen molar-refractivity contribution in [1.29, 1.82) is 5.26 Å². The van der Waals surface area contributed by atoms with Crippen LogP contribution in [0.1, 0.15) is 24.8 Å². The normalized spacial score (nSPS) is 14.1. The summed E-state index contributed by atoms with van der Waals surface area (Å²) in [4.78, 5) is 14.2. The fourth-order valence-electron chi connectivity index (χ4n) is 2.17. The van der Waals surface area contributed by atoms with E-state index in [2.05, 4.69) is 16.3 Å². The van der Waals surface area contributed by atoms with Crippen LogP contribution in [0.2, 0.25) is 0 Å². The summed E-state index contributed by atoms with van der Waals surface area (Å²) in [5.74, 6) is -0.0523. The van der Waals surface area contributed by atoms with Gasteiger partial charge in [0.05, 0.1) is 12.6 Å². The van der Waals surface area contributed by atoms with E-state index < -0.39 is 0 Å². The van der Waals surface area contributed by atoms with Gasteiger partial charge in [0, 0.05) is 30.4 Å². The van der Waals surface area contributed by atoms with Crippen molar-refractivity contribution in [3.63, 3.8) is 0 Å². The predicted octanol–water partition coefficient (Wildman–Crippen LogP) is 1.89. The average Bonchev–Trinajstić information content (AvgIpc) is 3.23. The number of nitriles is 1. The van der Waals surface area contributed by atoms with Gasteiger partial charge in [0.25, 0.3) is 0 Å². The van der Waals surface area contributed by atoms with Crippen LogP contribution in [0.3, 0.4) is 0 Å². The van der Waals surface area contributed by atoms with E-state index in [-0.39, 0.29) is 5.91 Å². The largest absolute Gasteiger partial charge is 0.399 e. The molecule has 2 rings (SSSR count). The molecule has 3 N–H and O–H groups in total. The molecule has 1 saturated carbocycles. The highest BCUT2D eigenvalue weighted by atomic mass is 16.2. The number of amides is 1. The summed E-state index contributed by atoms with van der Waals surface area (Å²) in [6, 6.07) is 8.07. The molecule has 1 amide bonds. The predicted molar refractivity (Wildman–Crippen MR) is 79.0 cm³/mol. The van der Waals surface area contributed by atoms with Gasteiger partial charge in [-0.1, -0.05) is 6.07 Å². The van der Waals surface area contributed by atoms with E-state index in [4.69, 9.17) is 11.0 Å². The standard InChI is InChI=1S/C15H20N4O/c1-11-3-4-12(17)9-14(11)18-15(20)10-19(8-2-7-16)13-5-6-13/h3-4,9,13H,2,5-6,8,10,17H2,1H3,(H,18,20). The first-order valence-corrected chi connectivity index (χ1v) is 6.87. The monoisotopic (exact) mass is 272 g/mol. The van der Waals surface area contributed by atoms with Crippen molar-refractivity contribution in [2.24, 2.45) is 0 Å². The number of nitrogen functional groups attached to an aromatic ring is 1. The lowest BCUT2D eigenvalue weighted by molar-refractivity contribution is -0.117. The molecule has 20 heavy (non-hydrogen) atoms. The van der Waals surface area contributed by atoms with Gasteiger partial charge in [0.1, 0.15) is 0 Å². The van der Waals surface area contributed by atoms with Gasteiger partial charge in [-0.3, -0.25) is 9.69 Å². The van der Waals surface area contributed by atoms with Crippen LogP contribution < -0.4 is 11.1 Å². The Morgan fingerprint density at radius 1 is 1.55 bits per heavy atom. The second-order valence-corrected chi connectivity index (χ2v) is 5.23. The molecular formula is C15H20N4O. The highest BCUT2D eigenvalue weighted by Crippen LogP contribution is 2.27. The molecule has 106 valence electrons. The van der Waals surface area contributed by atoms with Gasteiger partial charge in [-0.2, -0.15) is 5.26 Å². The van der Waals surface area contributed by atoms with Gasteiger partial charge in [0.15, 0.2) is 0 Å². The maximum absolute atomic E-state index is 12.1. The SMILES string of the molecule is Cc1ccc(N)cc1NC(=O)CN(CCC#N)C1CC1. The minimum Gasteiger partial charge on any atom is -0.399 e. The Labute approximate surface area is 119 Å². The molecule has 0 heterocycles. The molecule has 0 bridgehead atoms. The number of rotatable bonds is 6. The number of benzene rings is 1. The Morgan fingerprint density at radius 3 is 2.95 bits per heavy atom. The molecule has 1 aliphatic rings. The number of nitrogens with one attached hydrogen (secondary N) is 1. The van der Waals surface area contributed by atoms with Crippen molar-refractivity contribution in [1.82, 2.24) is 4.90 Å². The molecule has 5 nitrogen and oxygen atoms in total. The Bertz CT molecular complexity index is 531. The third-order valence-electron chi connectivity index (χ3n) is 3.46. The van der Waals surface area contributed by atoms with Gasteiger partial charge in [-0.05, 0) is 37.5 Å². The third kappa shape index (κ3) is 3.97. The molecule has 1 aliphatic carbocycles. The van der Waals surface area contributed by atoms with E-state index in [1.54, 1.807) is 6.07 Å². The van der Waals surface area contributed by atoms with Crippen LogP contribution in [0.4, 0.5) is 11.4 Å². The molecule has 1 aromatic carbocycles. The highest BCUT2D eigenvalue weighted by Gasteiger charge is 2.29. The fraction of sp³-hybridized carbons (Fsp3) is 0.467. The zero-order chi connectivity index (χ0) is 14.5. The molecule has 1 aromatic rings. The number of aryl methyl sites for hydroxylation is 1. The van der Waals surface area contributed by atoms with Crippen molar-refractivity contribution < 1.29 is 4.79 Å². The zero-order valence-electron chi connectivity index (χ0n) is 11.7. The number of carbonyl (C=O) groups excluding carboxylic acids is 1. The first-order valence-electron chi connectivity index (χ1n) is 6.87. The number of nitrogens with zero attached hydrogens (tertiary/aromatic N) is 2. The minimum atomic E-state index is -0.0523. The van der Waals surface area contributed by atoms with Crippen molar-refractivity contribution >= 4 is 17.3 Å². The van der Waals surface area contributed by atoms with E-state index >= 15 is 0 Å². The Balaban J connectivity index is 1.93. The van der Waals surface area contributed by atoms with E-state index in [1.807, 2.05) is 19.1 Å². The molecule has 0 aliphatic heterocycles. The lowest BCUT2D eigenvalue weighted by Crippen LogP contribution is -2.35. The second kappa shape index (κ2) is 6.40. The quantitative estimate of drug-likeness (QED) is 0.775. The molecule has 0 aromatic heterocycles. The van der Waals surface area contributed by atoms with Crippen LogP contribution in [-0.4, -0.2) is 29.9 Å². The second-order valence-electron chi connectivity index (χ2n) is 5.23.